The molecule has 4 rings (SSSR count). The number of epoxide rings is 2. The molecule has 2 aliphatic heterocycles. The molecule has 3 heteroatoms. The largest absolute Gasteiger partial charge is 0.373 e. The van der Waals surface area contributed by atoms with Crippen LogP contribution in [-0.2, 0) is 14.2 Å². The van der Waals surface area contributed by atoms with Crippen molar-refractivity contribution in [2.24, 2.45) is 0 Å². The van der Waals surface area contributed by atoms with E-state index in [0.29, 0.717) is 24.4 Å². The maximum atomic E-state index is 5.80. The number of ether oxygens (including phenoxy) is 3. The van der Waals surface area contributed by atoms with Crippen molar-refractivity contribution in [3.8, 4) is 0 Å². The lowest BCUT2D eigenvalue weighted by Crippen LogP contribution is -2.10. The first kappa shape index (κ1) is 10.3. The summed E-state index contributed by atoms with van der Waals surface area (Å²) < 4.78 is 16.7. The Morgan fingerprint density at radius 1 is 0.941 bits per heavy atom. The Balaban J connectivity index is 1.25. The lowest BCUT2D eigenvalue weighted by Gasteiger charge is -2.13. The Labute approximate surface area is 101 Å². The first-order valence-corrected chi connectivity index (χ1v) is 6.66. The summed E-state index contributed by atoms with van der Waals surface area (Å²) in [6, 6.07) is 0. The molecule has 0 spiro atoms. The molecule has 0 amide bonds. The van der Waals surface area contributed by atoms with Crippen LogP contribution in [0.15, 0.2) is 23.3 Å². The van der Waals surface area contributed by atoms with Gasteiger partial charge in [0.05, 0.1) is 25.4 Å². The molecule has 2 heterocycles. The molecule has 92 valence electrons. The molecule has 3 nitrogen and oxygen atoms in total. The summed E-state index contributed by atoms with van der Waals surface area (Å²) >= 11 is 0. The van der Waals surface area contributed by atoms with Crippen LogP contribution >= 0.6 is 0 Å². The van der Waals surface area contributed by atoms with Gasteiger partial charge in [0.15, 0.2) is 0 Å². The molecule has 0 aromatic heterocycles. The Morgan fingerprint density at radius 3 is 1.94 bits per heavy atom. The van der Waals surface area contributed by atoms with Gasteiger partial charge in [-0.3, -0.25) is 0 Å². The van der Waals surface area contributed by atoms with E-state index in [1.165, 1.54) is 24.0 Å². The Hall–Kier alpha value is -0.640. The van der Waals surface area contributed by atoms with Gasteiger partial charge in [-0.25, -0.2) is 0 Å². The molecule has 2 saturated heterocycles. The number of hydrogen-bond donors (Lipinski definition) is 0. The van der Waals surface area contributed by atoms with E-state index in [9.17, 15) is 0 Å². The third kappa shape index (κ3) is 2.19. The molecule has 0 bridgehead atoms. The van der Waals surface area contributed by atoms with Gasteiger partial charge in [0.1, 0.15) is 12.2 Å². The van der Waals surface area contributed by atoms with Crippen molar-refractivity contribution < 1.29 is 14.2 Å². The van der Waals surface area contributed by atoms with Crippen LogP contribution in [0.2, 0.25) is 0 Å². The van der Waals surface area contributed by atoms with Crippen molar-refractivity contribution >= 4 is 0 Å². The summed E-state index contributed by atoms with van der Waals surface area (Å²) in [7, 11) is 0. The molecule has 2 aliphatic carbocycles. The zero-order chi connectivity index (χ0) is 11.2. The van der Waals surface area contributed by atoms with Crippen molar-refractivity contribution in [2.75, 3.05) is 13.2 Å². The molecular formula is C14H18O3. The van der Waals surface area contributed by atoms with Crippen molar-refractivity contribution in [3.05, 3.63) is 23.3 Å². The highest BCUT2D eigenvalue weighted by molar-refractivity contribution is 5.19. The molecule has 0 N–H and O–H groups in total. The monoisotopic (exact) mass is 234 g/mol. The second kappa shape index (κ2) is 3.94. The summed E-state index contributed by atoms with van der Waals surface area (Å²) in [5.74, 6) is 0. The van der Waals surface area contributed by atoms with Gasteiger partial charge in [-0.2, -0.15) is 0 Å². The molecular weight excluding hydrogens is 216 g/mol. The minimum atomic E-state index is 0.414. The third-order valence-electron chi connectivity index (χ3n) is 4.12. The van der Waals surface area contributed by atoms with Crippen molar-refractivity contribution in [1.82, 2.24) is 0 Å². The quantitative estimate of drug-likeness (QED) is 0.551. The van der Waals surface area contributed by atoms with Crippen molar-refractivity contribution in [1.29, 1.82) is 0 Å². The van der Waals surface area contributed by atoms with Crippen LogP contribution in [0.4, 0.5) is 0 Å². The van der Waals surface area contributed by atoms with Crippen LogP contribution in [0.5, 0.6) is 0 Å². The second-order valence-electron chi connectivity index (χ2n) is 5.50. The second-order valence-corrected chi connectivity index (χ2v) is 5.50. The van der Waals surface area contributed by atoms with Crippen LogP contribution in [0.25, 0.3) is 0 Å². The van der Waals surface area contributed by atoms with Gasteiger partial charge >= 0.3 is 0 Å². The molecule has 4 atom stereocenters. The van der Waals surface area contributed by atoms with Gasteiger partial charge in [-0.15, -0.1) is 0 Å². The molecule has 0 aromatic rings. The molecule has 4 unspecified atom stereocenters. The zero-order valence-corrected chi connectivity index (χ0v) is 9.93. The van der Waals surface area contributed by atoms with E-state index in [1.54, 1.807) is 0 Å². The van der Waals surface area contributed by atoms with Gasteiger partial charge < -0.3 is 14.2 Å². The van der Waals surface area contributed by atoms with Gasteiger partial charge in [-0.05, 0) is 36.8 Å². The highest BCUT2D eigenvalue weighted by Crippen LogP contribution is 2.36. The summed E-state index contributed by atoms with van der Waals surface area (Å²) in [5, 5.41) is 0. The summed E-state index contributed by atoms with van der Waals surface area (Å²) in [5.41, 5.74) is 2.83. The molecule has 0 radical (unpaired) electrons. The maximum Gasteiger partial charge on any atom is 0.103 e. The smallest absolute Gasteiger partial charge is 0.103 e. The molecule has 0 aromatic carbocycles. The Morgan fingerprint density at radius 2 is 1.47 bits per heavy atom. The van der Waals surface area contributed by atoms with E-state index in [1.807, 2.05) is 0 Å². The number of rotatable bonds is 4. The minimum Gasteiger partial charge on any atom is -0.373 e. The van der Waals surface area contributed by atoms with E-state index in [-0.39, 0.29) is 0 Å². The lowest BCUT2D eigenvalue weighted by molar-refractivity contribution is 0.173. The zero-order valence-electron chi connectivity index (χ0n) is 9.93. The first-order chi connectivity index (χ1) is 8.38. The van der Waals surface area contributed by atoms with Crippen LogP contribution in [-0.4, -0.2) is 37.6 Å². The average molecular weight is 234 g/mol. The van der Waals surface area contributed by atoms with E-state index < -0.39 is 0 Å². The summed E-state index contributed by atoms with van der Waals surface area (Å²) in [6.45, 7) is 1.55. The van der Waals surface area contributed by atoms with E-state index in [2.05, 4.69) is 12.2 Å². The molecule has 2 fully saturated rings. The number of hydrogen-bond acceptors (Lipinski definition) is 3. The standard InChI is InChI=1S/C14H18O3/c1-3-11-13(16-11)5-9(1)7-15-8-10-2-4-12-14(6-10)17-12/h5-6,11-14H,1-4,7-8H2. The van der Waals surface area contributed by atoms with Crippen LogP contribution in [0.1, 0.15) is 25.7 Å². The average Bonchev–Trinajstić information content (AvgIpc) is 3.22. The van der Waals surface area contributed by atoms with E-state index in [0.717, 1.165) is 26.1 Å². The normalized spacial score (nSPS) is 42.1. The van der Waals surface area contributed by atoms with Crippen LogP contribution in [0.3, 0.4) is 0 Å². The van der Waals surface area contributed by atoms with Gasteiger partial charge in [0.2, 0.25) is 0 Å². The van der Waals surface area contributed by atoms with Gasteiger partial charge in [0.25, 0.3) is 0 Å². The highest BCUT2D eigenvalue weighted by Gasteiger charge is 2.40. The topological polar surface area (TPSA) is 34.3 Å². The minimum absolute atomic E-state index is 0.414. The predicted molar refractivity (Wildman–Crippen MR) is 62.8 cm³/mol. The fraction of sp³-hybridized carbons (Fsp3) is 0.714. The first-order valence-electron chi connectivity index (χ1n) is 6.66. The highest BCUT2D eigenvalue weighted by atomic mass is 16.6. The van der Waals surface area contributed by atoms with Crippen LogP contribution < -0.4 is 0 Å². The summed E-state index contributed by atoms with van der Waals surface area (Å²) in [4.78, 5) is 0. The Bertz CT molecular complexity index is 349. The van der Waals surface area contributed by atoms with Gasteiger partial charge in [-0.1, -0.05) is 12.2 Å². The predicted octanol–water partition coefficient (Wildman–Crippen LogP) is 1.98. The fourth-order valence-corrected chi connectivity index (χ4v) is 2.91. The molecule has 4 aliphatic rings. The van der Waals surface area contributed by atoms with Crippen molar-refractivity contribution in [2.45, 2.75) is 50.1 Å². The number of fused-ring (bicyclic) bond motifs is 2. The van der Waals surface area contributed by atoms with E-state index in [4.69, 9.17) is 14.2 Å². The maximum absolute atomic E-state index is 5.80. The van der Waals surface area contributed by atoms with Gasteiger partial charge in [0, 0.05) is 0 Å². The lowest BCUT2D eigenvalue weighted by atomic mass is 9.99. The SMILES string of the molecule is C1=C(COCC2=CC3OC3CC2)CCC2OC12. The molecule has 0 saturated carbocycles. The summed E-state index contributed by atoms with van der Waals surface area (Å²) in [6.07, 6.45) is 11.1. The van der Waals surface area contributed by atoms with Crippen molar-refractivity contribution in [3.63, 3.8) is 0 Å². The van der Waals surface area contributed by atoms with E-state index >= 15 is 0 Å². The third-order valence-corrected chi connectivity index (χ3v) is 4.12. The molecule has 17 heavy (non-hydrogen) atoms. The fourth-order valence-electron chi connectivity index (χ4n) is 2.91. The van der Waals surface area contributed by atoms with Crippen LogP contribution in [0, 0.1) is 0 Å². The Kier molecular flexibility index (Phi) is 2.39.